The van der Waals surface area contributed by atoms with Crippen LogP contribution < -0.4 is 0 Å². The summed E-state index contributed by atoms with van der Waals surface area (Å²) in [5.74, 6) is 0.691. The minimum Gasteiger partial charge on any atom is -0.206 e. The highest BCUT2D eigenvalue weighted by atomic mass is 19.1. The highest BCUT2D eigenvalue weighted by molar-refractivity contribution is 5.84. The van der Waals surface area contributed by atoms with Crippen molar-refractivity contribution >= 4 is 10.8 Å². The molecule has 0 N–H and O–H groups in total. The molecule has 2 rings (SSSR count). The van der Waals surface area contributed by atoms with Crippen LogP contribution >= 0.6 is 0 Å². The van der Waals surface area contributed by atoms with Gasteiger partial charge in [0.25, 0.3) is 0 Å². The highest BCUT2D eigenvalue weighted by Crippen LogP contribution is 2.27. The van der Waals surface area contributed by atoms with Gasteiger partial charge in [0, 0.05) is 5.39 Å². The van der Waals surface area contributed by atoms with Crippen LogP contribution in [0.3, 0.4) is 0 Å². The molecule has 0 heterocycles. The molecule has 0 spiro atoms. The zero-order valence-electron chi connectivity index (χ0n) is 10.9. The largest absolute Gasteiger partial charge is 0.206 e. The molecule has 0 aliphatic carbocycles. The maximum atomic E-state index is 14.1. The Kier molecular flexibility index (Phi) is 3.19. The Hall–Kier alpha value is -1.37. The van der Waals surface area contributed by atoms with E-state index in [2.05, 4.69) is 39.8 Å². The summed E-state index contributed by atoms with van der Waals surface area (Å²) in [6.07, 6.45) is 0. The molecule has 0 nitrogen and oxygen atoms in total. The predicted molar refractivity (Wildman–Crippen MR) is 72.1 cm³/mol. The topological polar surface area (TPSA) is 0 Å². The van der Waals surface area contributed by atoms with Crippen LogP contribution in [0.15, 0.2) is 30.3 Å². The van der Waals surface area contributed by atoms with E-state index < -0.39 is 0 Å². The van der Waals surface area contributed by atoms with E-state index in [1.54, 1.807) is 6.07 Å². The van der Waals surface area contributed by atoms with Crippen molar-refractivity contribution in [2.45, 2.75) is 39.5 Å². The molecule has 0 aliphatic rings. The van der Waals surface area contributed by atoms with Crippen LogP contribution in [0, 0.1) is 5.82 Å². The predicted octanol–water partition coefficient (Wildman–Crippen LogP) is 5.23. The van der Waals surface area contributed by atoms with Gasteiger partial charge in [-0.3, -0.25) is 0 Å². The lowest BCUT2D eigenvalue weighted by atomic mass is 9.95. The molecule has 0 radical (unpaired) electrons. The number of hydrogen-bond acceptors (Lipinski definition) is 0. The van der Waals surface area contributed by atoms with Gasteiger partial charge in [-0.2, -0.15) is 0 Å². The molecule has 0 fully saturated rings. The molecular formula is C16H19F. The average Bonchev–Trinajstić information content (AvgIpc) is 2.28. The normalized spacial score (nSPS) is 11.7. The van der Waals surface area contributed by atoms with Crippen LogP contribution in [-0.2, 0) is 0 Å². The average molecular weight is 230 g/mol. The third-order valence-electron chi connectivity index (χ3n) is 3.28. The lowest BCUT2D eigenvalue weighted by molar-refractivity contribution is 0.635. The second-order valence-corrected chi connectivity index (χ2v) is 5.29. The van der Waals surface area contributed by atoms with Crippen molar-refractivity contribution in [1.82, 2.24) is 0 Å². The summed E-state index contributed by atoms with van der Waals surface area (Å²) in [6.45, 7) is 8.43. The summed E-state index contributed by atoms with van der Waals surface area (Å²) in [6, 6.07) is 9.85. The van der Waals surface area contributed by atoms with Gasteiger partial charge in [-0.15, -0.1) is 0 Å². The third kappa shape index (κ3) is 2.33. The van der Waals surface area contributed by atoms with Gasteiger partial charge in [-0.25, -0.2) is 4.39 Å². The summed E-state index contributed by atoms with van der Waals surface area (Å²) in [7, 11) is 0. The Morgan fingerprint density at radius 3 is 2.06 bits per heavy atom. The molecule has 1 heteroatoms. The van der Waals surface area contributed by atoms with Crippen molar-refractivity contribution in [2.75, 3.05) is 0 Å². The van der Waals surface area contributed by atoms with Crippen molar-refractivity contribution in [3.05, 3.63) is 47.3 Å². The first-order valence-electron chi connectivity index (χ1n) is 6.22. The monoisotopic (exact) mass is 230 g/mol. The van der Waals surface area contributed by atoms with Crippen LogP contribution in [0.1, 0.15) is 50.7 Å². The molecule has 0 aromatic heterocycles. The minimum atomic E-state index is -0.103. The standard InChI is InChI=1S/C16H19F/c1-10(2)12-5-6-13-7-14(11(3)4)9-16(17)15(13)8-12/h5-11H,1-4H3. The van der Waals surface area contributed by atoms with Gasteiger partial charge in [-0.1, -0.05) is 45.9 Å². The third-order valence-corrected chi connectivity index (χ3v) is 3.28. The van der Waals surface area contributed by atoms with Gasteiger partial charge >= 0.3 is 0 Å². The van der Waals surface area contributed by atoms with Crippen LogP contribution in [-0.4, -0.2) is 0 Å². The molecule has 90 valence electrons. The van der Waals surface area contributed by atoms with Gasteiger partial charge in [0.05, 0.1) is 0 Å². The summed E-state index contributed by atoms with van der Waals surface area (Å²) in [5, 5.41) is 1.73. The number of benzene rings is 2. The van der Waals surface area contributed by atoms with Gasteiger partial charge in [0.1, 0.15) is 5.82 Å². The Balaban J connectivity index is 2.64. The molecule has 0 saturated carbocycles. The lowest BCUT2D eigenvalue weighted by Crippen LogP contribution is -1.92. The molecule has 17 heavy (non-hydrogen) atoms. The molecule has 0 saturated heterocycles. The van der Waals surface area contributed by atoms with E-state index in [1.807, 2.05) is 12.1 Å². The fraction of sp³-hybridized carbons (Fsp3) is 0.375. The van der Waals surface area contributed by atoms with E-state index in [0.717, 1.165) is 16.3 Å². The zero-order chi connectivity index (χ0) is 12.6. The second kappa shape index (κ2) is 4.48. The van der Waals surface area contributed by atoms with Crippen molar-refractivity contribution in [3.8, 4) is 0 Å². The Bertz CT molecular complexity index is 538. The molecule has 0 amide bonds. The molecule has 0 atom stereocenters. The number of rotatable bonds is 2. The second-order valence-electron chi connectivity index (χ2n) is 5.29. The van der Waals surface area contributed by atoms with Gasteiger partial charge in [0.15, 0.2) is 0 Å². The Labute approximate surface area is 102 Å². The van der Waals surface area contributed by atoms with Crippen molar-refractivity contribution in [3.63, 3.8) is 0 Å². The van der Waals surface area contributed by atoms with E-state index in [1.165, 1.54) is 5.56 Å². The van der Waals surface area contributed by atoms with Crippen molar-refractivity contribution < 1.29 is 4.39 Å². The van der Waals surface area contributed by atoms with Crippen LogP contribution in [0.2, 0.25) is 0 Å². The molecular weight excluding hydrogens is 211 g/mol. The molecule has 2 aromatic carbocycles. The number of halogens is 1. The Morgan fingerprint density at radius 2 is 1.47 bits per heavy atom. The summed E-state index contributed by atoms with van der Waals surface area (Å²) in [5.41, 5.74) is 2.25. The summed E-state index contributed by atoms with van der Waals surface area (Å²) in [4.78, 5) is 0. The summed E-state index contributed by atoms with van der Waals surface area (Å²) < 4.78 is 14.1. The number of hydrogen-bond donors (Lipinski definition) is 0. The van der Waals surface area contributed by atoms with E-state index in [0.29, 0.717) is 11.8 Å². The highest BCUT2D eigenvalue weighted by Gasteiger charge is 2.08. The van der Waals surface area contributed by atoms with Gasteiger partial charge in [0.2, 0.25) is 0 Å². The maximum absolute atomic E-state index is 14.1. The maximum Gasteiger partial charge on any atom is 0.131 e. The van der Waals surface area contributed by atoms with Crippen LogP contribution in [0.5, 0.6) is 0 Å². The first-order valence-corrected chi connectivity index (χ1v) is 6.22. The van der Waals surface area contributed by atoms with Crippen LogP contribution in [0.4, 0.5) is 4.39 Å². The smallest absolute Gasteiger partial charge is 0.131 e. The molecule has 0 bridgehead atoms. The van der Waals surface area contributed by atoms with Gasteiger partial charge < -0.3 is 0 Å². The zero-order valence-corrected chi connectivity index (χ0v) is 10.9. The molecule has 0 aliphatic heterocycles. The van der Waals surface area contributed by atoms with E-state index >= 15 is 0 Å². The van der Waals surface area contributed by atoms with Crippen molar-refractivity contribution in [2.24, 2.45) is 0 Å². The molecule has 2 aromatic rings. The number of fused-ring (bicyclic) bond motifs is 1. The fourth-order valence-corrected chi connectivity index (χ4v) is 2.04. The fourth-order valence-electron chi connectivity index (χ4n) is 2.04. The van der Waals surface area contributed by atoms with Crippen molar-refractivity contribution in [1.29, 1.82) is 0 Å². The lowest BCUT2D eigenvalue weighted by Gasteiger charge is -2.11. The van der Waals surface area contributed by atoms with E-state index in [-0.39, 0.29) is 5.82 Å². The Morgan fingerprint density at radius 1 is 0.824 bits per heavy atom. The molecule has 0 unspecified atom stereocenters. The first kappa shape index (κ1) is 12.1. The van der Waals surface area contributed by atoms with Crippen LogP contribution in [0.25, 0.3) is 10.8 Å². The first-order chi connectivity index (χ1) is 7.99. The quantitative estimate of drug-likeness (QED) is 0.663. The van der Waals surface area contributed by atoms with E-state index in [4.69, 9.17) is 0 Å². The SMILES string of the molecule is CC(C)c1cc(F)c2cc(C(C)C)ccc2c1. The van der Waals surface area contributed by atoms with E-state index in [9.17, 15) is 4.39 Å². The summed E-state index contributed by atoms with van der Waals surface area (Å²) >= 11 is 0. The minimum absolute atomic E-state index is 0.103. The van der Waals surface area contributed by atoms with Gasteiger partial charge in [-0.05, 0) is 40.5 Å².